The van der Waals surface area contributed by atoms with Gasteiger partial charge in [0, 0.05) is 42.4 Å². The highest BCUT2D eigenvalue weighted by atomic mass is 32.1. The van der Waals surface area contributed by atoms with Gasteiger partial charge in [-0.25, -0.2) is 4.98 Å². The predicted molar refractivity (Wildman–Crippen MR) is 118 cm³/mol. The fourth-order valence-electron chi connectivity index (χ4n) is 2.00. The number of carbonyl (C=O) groups excluding carboxylic acids is 2. The molecule has 0 spiro atoms. The van der Waals surface area contributed by atoms with Gasteiger partial charge in [0.1, 0.15) is 0 Å². The molecule has 0 saturated heterocycles. The summed E-state index contributed by atoms with van der Waals surface area (Å²) in [6, 6.07) is 0. The van der Waals surface area contributed by atoms with Crippen LogP contribution in [0.25, 0.3) is 0 Å². The summed E-state index contributed by atoms with van der Waals surface area (Å²) >= 11 is 3.07. The van der Waals surface area contributed by atoms with E-state index in [4.69, 9.17) is 0 Å². The third-order valence-corrected chi connectivity index (χ3v) is 6.38. The molecule has 28 heavy (non-hydrogen) atoms. The lowest BCUT2D eigenvalue weighted by Gasteiger charge is -2.11. The lowest BCUT2D eigenvalue weighted by Crippen LogP contribution is -2.25. The van der Waals surface area contributed by atoms with E-state index in [1.165, 1.54) is 27.6 Å². The molecule has 0 aliphatic carbocycles. The Hall–Kier alpha value is -2.32. The smallest absolute Gasteiger partial charge is 0.252 e. The van der Waals surface area contributed by atoms with E-state index < -0.39 is 0 Å². The molecular weight excluding hydrogens is 392 g/mol. The molecule has 2 aromatic heterocycles. The van der Waals surface area contributed by atoms with E-state index in [-0.39, 0.29) is 11.8 Å². The first-order valence-corrected chi connectivity index (χ1v) is 10.4. The summed E-state index contributed by atoms with van der Waals surface area (Å²) in [5.41, 5.74) is 2.14. The largest absolute Gasteiger partial charge is 0.324 e. The maximum atomic E-state index is 11.5. The summed E-state index contributed by atoms with van der Waals surface area (Å²) < 4.78 is 1.93. The summed E-state index contributed by atoms with van der Waals surface area (Å²) in [4.78, 5) is 35.7. The van der Waals surface area contributed by atoms with Crippen LogP contribution in [0.3, 0.4) is 0 Å². The minimum atomic E-state index is -0.142. The van der Waals surface area contributed by atoms with Crippen LogP contribution in [0.4, 0.5) is 5.13 Å². The second kappa shape index (κ2) is 10.9. The number of anilines is 1. The number of thiazole rings is 2. The van der Waals surface area contributed by atoms with E-state index in [0.717, 1.165) is 26.2 Å². The highest BCUT2D eigenvalue weighted by molar-refractivity contribution is 7.15. The molecule has 0 bridgehead atoms. The molecule has 0 aliphatic heterocycles. The van der Waals surface area contributed by atoms with Gasteiger partial charge in [-0.15, -0.1) is 35.8 Å². The quantitative estimate of drug-likeness (QED) is 0.687. The molecular formula is C20H28N4O2S2. The van der Waals surface area contributed by atoms with E-state index in [0.29, 0.717) is 12.8 Å². The van der Waals surface area contributed by atoms with Crippen LogP contribution >= 0.6 is 22.7 Å². The van der Waals surface area contributed by atoms with E-state index in [2.05, 4.69) is 23.1 Å². The fraction of sp³-hybridized carbons (Fsp3) is 0.400. The van der Waals surface area contributed by atoms with Crippen LogP contribution in [0.15, 0.2) is 30.3 Å². The van der Waals surface area contributed by atoms with E-state index in [1.54, 1.807) is 24.1 Å². The van der Waals surface area contributed by atoms with E-state index in [1.807, 2.05) is 39.3 Å². The number of carbonyl (C=O) groups is 2. The third kappa shape index (κ3) is 6.38. The second-order valence-corrected chi connectivity index (χ2v) is 8.53. The summed E-state index contributed by atoms with van der Waals surface area (Å²) in [6.45, 7) is 15.0. The van der Waals surface area contributed by atoms with Crippen molar-refractivity contribution in [2.75, 3.05) is 11.9 Å². The molecule has 0 atom stereocenters. The summed E-state index contributed by atoms with van der Waals surface area (Å²) in [5, 5.41) is 0.756. The number of hydrogen-bond acceptors (Lipinski definition) is 5. The molecule has 0 saturated carbocycles. The molecule has 0 aromatic carbocycles. The molecule has 2 rings (SSSR count). The lowest BCUT2D eigenvalue weighted by molar-refractivity contribution is -0.118. The SMILES string of the molecule is C=CCC(=O)N(C)c1nc(C)c(C)s1.C=CCC(=O)N=c1sc(C)c(C)n1C. The van der Waals surface area contributed by atoms with Crippen LogP contribution < -0.4 is 9.70 Å². The Bertz CT molecular complexity index is 915. The number of aromatic nitrogens is 2. The molecule has 0 aliphatic rings. The average Bonchev–Trinajstić information content (AvgIpc) is 3.09. The Morgan fingerprint density at radius 1 is 1.11 bits per heavy atom. The Balaban J connectivity index is 0.000000280. The minimum Gasteiger partial charge on any atom is -0.324 e. The molecule has 6 nitrogen and oxygen atoms in total. The van der Waals surface area contributed by atoms with Crippen LogP contribution in [0.1, 0.15) is 34.0 Å². The van der Waals surface area contributed by atoms with Gasteiger partial charge in [-0.2, -0.15) is 4.99 Å². The van der Waals surface area contributed by atoms with Crippen LogP contribution in [0, 0.1) is 27.7 Å². The molecule has 152 valence electrons. The van der Waals surface area contributed by atoms with Gasteiger partial charge >= 0.3 is 0 Å². The van der Waals surface area contributed by atoms with Gasteiger partial charge in [0.25, 0.3) is 5.91 Å². The number of nitrogens with zero attached hydrogens (tertiary/aromatic N) is 4. The Morgan fingerprint density at radius 2 is 1.71 bits per heavy atom. The van der Waals surface area contributed by atoms with Gasteiger partial charge in [-0.3, -0.25) is 14.5 Å². The minimum absolute atomic E-state index is 0.0220. The van der Waals surface area contributed by atoms with Gasteiger partial charge in [0.15, 0.2) is 9.93 Å². The summed E-state index contributed by atoms with van der Waals surface area (Å²) in [5.74, 6) is -0.120. The van der Waals surface area contributed by atoms with Crippen molar-refractivity contribution in [3.63, 3.8) is 0 Å². The topological polar surface area (TPSA) is 67.6 Å². The first-order valence-electron chi connectivity index (χ1n) is 8.75. The van der Waals surface area contributed by atoms with Crippen molar-refractivity contribution in [1.82, 2.24) is 9.55 Å². The number of rotatable bonds is 5. The first-order chi connectivity index (χ1) is 13.1. The molecule has 0 unspecified atom stereocenters. The van der Waals surface area contributed by atoms with Crippen LogP contribution in [-0.2, 0) is 16.6 Å². The van der Waals surface area contributed by atoms with Crippen LogP contribution in [-0.4, -0.2) is 28.4 Å². The summed E-state index contributed by atoms with van der Waals surface area (Å²) in [6.07, 6.45) is 3.83. The maximum absolute atomic E-state index is 11.5. The van der Waals surface area contributed by atoms with Gasteiger partial charge in [-0.05, 0) is 27.7 Å². The van der Waals surface area contributed by atoms with Gasteiger partial charge in [0.05, 0.1) is 5.69 Å². The molecule has 2 amide bonds. The molecule has 0 fully saturated rings. The molecule has 0 radical (unpaired) electrons. The van der Waals surface area contributed by atoms with E-state index >= 15 is 0 Å². The zero-order chi connectivity index (χ0) is 21.4. The average molecular weight is 421 g/mol. The molecule has 2 aromatic rings. The predicted octanol–water partition coefficient (Wildman–Crippen LogP) is 4.01. The van der Waals surface area contributed by atoms with Crippen molar-refractivity contribution >= 4 is 39.6 Å². The standard InChI is InChI=1S/2C10H14N2OS/c1-5-6-9(13)11-10-12(4)7(2)8(3)14-10;1-5-6-9(13)12(4)10-11-7(2)8(3)14-10/h2*5H,1,6H2,2-4H3. The monoisotopic (exact) mass is 420 g/mol. The van der Waals surface area contributed by atoms with Crippen molar-refractivity contribution in [2.24, 2.45) is 12.0 Å². The Morgan fingerprint density at radius 3 is 2.14 bits per heavy atom. The molecule has 0 N–H and O–H groups in total. The lowest BCUT2D eigenvalue weighted by atomic mass is 10.4. The van der Waals surface area contributed by atoms with Crippen LogP contribution in [0.2, 0.25) is 0 Å². The number of hydrogen-bond donors (Lipinski definition) is 0. The Labute approximate surface area is 174 Å². The van der Waals surface area contributed by atoms with Crippen molar-refractivity contribution < 1.29 is 9.59 Å². The van der Waals surface area contributed by atoms with Crippen LogP contribution in [0.5, 0.6) is 0 Å². The normalized spacial score (nSPS) is 10.9. The second-order valence-electron chi connectivity index (χ2n) is 6.17. The highest BCUT2D eigenvalue weighted by Gasteiger charge is 2.13. The Kier molecular flexibility index (Phi) is 9.21. The van der Waals surface area contributed by atoms with Gasteiger partial charge in [-0.1, -0.05) is 12.2 Å². The fourth-order valence-corrected chi connectivity index (χ4v) is 3.87. The van der Waals surface area contributed by atoms with Crippen molar-refractivity contribution in [1.29, 1.82) is 0 Å². The van der Waals surface area contributed by atoms with Crippen molar-refractivity contribution in [3.8, 4) is 0 Å². The molecule has 8 heteroatoms. The summed E-state index contributed by atoms with van der Waals surface area (Å²) in [7, 11) is 3.66. The molecule has 2 heterocycles. The zero-order valence-electron chi connectivity index (χ0n) is 17.4. The number of aryl methyl sites for hydroxylation is 3. The van der Waals surface area contributed by atoms with Gasteiger partial charge < -0.3 is 4.57 Å². The first kappa shape index (κ1) is 23.7. The van der Waals surface area contributed by atoms with E-state index in [9.17, 15) is 9.59 Å². The highest BCUT2D eigenvalue weighted by Crippen LogP contribution is 2.24. The zero-order valence-corrected chi connectivity index (χ0v) is 19.0. The van der Waals surface area contributed by atoms with Gasteiger partial charge in [0.2, 0.25) is 5.91 Å². The van der Waals surface area contributed by atoms with Crippen molar-refractivity contribution in [3.05, 3.63) is 51.3 Å². The van der Waals surface area contributed by atoms with Crippen molar-refractivity contribution in [2.45, 2.75) is 40.5 Å². The number of amides is 2. The maximum Gasteiger partial charge on any atom is 0.252 e. The third-order valence-electron chi connectivity index (χ3n) is 4.08.